The van der Waals surface area contributed by atoms with Crippen LogP contribution >= 0.6 is 0 Å². The van der Waals surface area contributed by atoms with Gasteiger partial charge >= 0.3 is 0 Å². The molecule has 0 aliphatic carbocycles. The second-order valence-corrected chi connectivity index (χ2v) is 4.03. The van der Waals surface area contributed by atoms with Crippen molar-refractivity contribution in [3.8, 4) is 22.8 Å². The third kappa shape index (κ3) is 1.91. The number of rotatable bonds is 1. The lowest BCUT2D eigenvalue weighted by atomic mass is 10.1. The van der Waals surface area contributed by atoms with Gasteiger partial charge < -0.3 is 14.6 Å². The number of benzene rings is 1. The number of aromatic nitrogens is 1. The number of nitrogens with zero attached hydrogens (tertiary/aromatic N) is 1. The number of aromatic hydroxyl groups is 2. The number of hydrogen-bond donors (Lipinski definition) is 2. The topological polar surface area (TPSA) is 83.6 Å². The first-order valence-electron chi connectivity index (χ1n) is 5.56. The molecule has 0 aliphatic rings. The van der Waals surface area contributed by atoms with E-state index in [2.05, 4.69) is 4.98 Å². The Morgan fingerprint density at radius 1 is 1.05 bits per heavy atom. The summed E-state index contributed by atoms with van der Waals surface area (Å²) in [5.74, 6) is -0.194. The molecule has 0 radical (unpaired) electrons. The number of hydrogen-bond acceptors (Lipinski definition) is 5. The van der Waals surface area contributed by atoms with Gasteiger partial charge in [-0.05, 0) is 30.3 Å². The molecule has 0 saturated carbocycles. The lowest BCUT2D eigenvalue weighted by Gasteiger charge is -2.04. The molecule has 0 amide bonds. The minimum Gasteiger partial charge on any atom is -0.504 e. The van der Waals surface area contributed by atoms with Crippen LogP contribution < -0.4 is 5.43 Å². The molecular weight excluding hydrogens is 246 g/mol. The molecule has 5 nitrogen and oxygen atoms in total. The highest BCUT2D eigenvalue weighted by atomic mass is 16.3. The van der Waals surface area contributed by atoms with Crippen LogP contribution in [0.25, 0.3) is 22.4 Å². The van der Waals surface area contributed by atoms with Crippen LogP contribution in [0.4, 0.5) is 0 Å². The zero-order valence-electron chi connectivity index (χ0n) is 9.70. The molecule has 3 rings (SSSR count). The van der Waals surface area contributed by atoms with Crippen LogP contribution in [0.3, 0.4) is 0 Å². The van der Waals surface area contributed by atoms with Crippen LogP contribution in [0, 0.1) is 0 Å². The van der Waals surface area contributed by atoms with Gasteiger partial charge in [0.15, 0.2) is 22.6 Å². The minimum absolute atomic E-state index is 0.228. The quantitative estimate of drug-likeness (QED) is 0.651. The summed E-state index contributed by atoms with van der Waals surface area (Å²) in [6.45, 7) is 0. The molecule has 2 heterocycles. The second kappa shape index (κ2) is 4.13. The van der Waals surface area contributed by atoms with Crippen LogP contribution in [0.15, 0.2) is 51.8 Å². The molecule has 1 aromatic carbocycles. The smallest absolute Gasteiger partial charge is 0.211 e. The van der Waals surface area contributed by atoms with Gasteiger partial charge in [-0.15, -0.1) is 0 Å². The van der Waals surface area contributed by atoms with E-state index in [1.165, 1.54) is 24.4 Å². The van der Waals surface area contributed by atoms with Crippen molar-refractivity contribution in [2.24, 2.45) is 0 Å². The number of fused-ring (bicyclic) bond motifs is 1. The molecule has 0 bridgehead atoms. The summed E-state index contributed by atoms with van der Waals surface area (Å²) >= 11 is 0. The Labute approximate surface area is 107 Å². The van der Waals surface area contributed by atoms with E-state index in [1.807, 2.05) is 0 Å². The summed E-state index contributed by atoms with van der Waals surface area (Å²) in [6, 6.07) is 8.83. The monoisotopic (exact) mass is 255 g/mol. The van der Waals surface area contributed by atoms with Crippen molar-refractivity contribution in [2.45, 2.75) is 0 Å². The van der Waals surface area contributed by atoms with Crippen molar-refractivity contribution in [2.75, 3.05) is 0 Å². The molecule has 0 atom stereocenters. The predicted octanol–water partition coefficient (Wildman–Crippen LogP) is 2.27. The van der Waals surface area contributed by atoms with Gasteiger partial charge in [-0.1, -0.05) is 0 Å². The van der Waals surface area contributed by atoms with E-state index >= 15 is 0 Å². The summed E-state index contributed by atoms with van der Waals surface area (Å²) in [5.41, 5.74) is 0.870. The molecule has 19 heavy (non-hydrogen) atoms. The zero-order chi connectivity index (χ0) is 13.4. The Morgan fingerprint density at radius 3 is 2.68 bits per heavy atom. The first-order chi connectivity index (χ1) is 9.15. The molecule has 2 N–H and O–H groups in total. The second-order valence-electron chi connectivity index (χ2n) is 4.03. The van der Waals surface area contributed by atoms with Gasteiger partial charge in [-0.2, -0.15) is 0 Å². The number of phenolic OH excluding ortho intramolecular Hbond substituents is 2. The van der Waals surface area contributed by atoms with E-state index in [1.54, 1.807) is 18.2 Å². The maximum Gasteiger partial charge on any atom is 0.211 e. The molecule has 0 aliphatic heterocycles. The largest absolute Gasteiger partial charge is 0.504 e. The molecule has 5 heteroatoms. The lowest BCUT2D eigenvalue weighted by Crippen LogP contribution is -2.01. The summed E-state index contributed by atoms with van der Waals surface area (Å²) < 4.78 is 5.57. The van der Waals surface area contributed by atoms with Crippen molar-refractivity contribution >= 4 is 11.1 Å². The fourth-order valence-corrected chi connectivity index (χ4v) is 1.81. The molecule has 0 fully saturated rings. The van der Waals surface area contributed by atoms with Crippen molar-refractivity contribution in [3.05, 3.63) is 52.8 Å². The third-order valence-corrected chi connectivity index (χ3v) is 2.75. The highest BCUT2D eigenvalue weighted by molar-refractivity contribution is 5.74. The normalized spacial score (nSPS) is 10.7. The first kappa shape index (κ1) is 11.3. The average Bonchev–Trinajstić information content (AvgIpc) is 2.42. The van der Waals surface area contributed by atoms with Crippen LogP contribution in [0.1, 0.15) is 0 Å². The highest BCUT2D eigenvalue weighted by Gasteiger charge is 2.09. The Hall–Kier alpha value is -2.82. The summed E-state index contributed by atoms with van der Waals surface area (Å²) in [5, 5.41) is 18.7. The van der Waals surface area contributed by atoms with E-state index < -0.39 is 0 Å². The molecular formula is C14H9NO4. The summed E-state index contributed by atoms with van der Waals surface area (Å²) in [7, 11) is 0. The highest BCUT2D eigenvalue weighted by Crippen LogP contribution is 2.30. The van der Waals surface area contributed by atoms with Gasteiger partial charge in [-0.25, -0.2) is 4.98 Å². The van der Waals surface area contributed by atoms with Crippen molar-refractivity contribution < 1.29 is 14.6 Å². The van der Waals surface area contributed by atoms with E-state index in [9.17, 15) is 15.0 Å². The maximum atomic E-state index is 11.9. The maximum absolute atomic E-state index is 11.9. The van der Waals surface area contributed by atoms with Gasteiger partial charge in [0.05, 0.1) is 0 Å². The van der Waals surface area contributed by atoms with Gasteiger partial charge in [0.1, 0.15) is 5.76 Å². The molecule has 94 valence electrons. The fourth-order valence-electron chi connectivity index (χ4n) is 1.81. The van der Waals surface area contributed by atoms with Gasteiger partial charge in [0.2, 0.25) is 5.43 Å². The zero-order valence-corrected chi connectivity index (χ0v) is 9.70. The van der Waals surface area contributed by atoms with Crippen molar-refractivity contribution in [1.29, 1.82) is 0 Å². The Morgan fingerprint density at radius 2 is 1.89 bits per heavy atom. The van der Waals surface area contributed by atoms with E-state index in [0.29, 0.717) is 16.9 Å². The van der Waals surface area contributed by atoms with Gasteiger partial charge in [0.25, 0.3) is 0 Å². The summed E-state index contributed by atoms with van der Waals surface area (Å²) in [6.07, 6.45) is 1.52. The fraction of sp³-hybridized carbons (Fsp3) is 0. The van der Waals surface area contributed by atoms with Crippen LogP contribution in [-0.2, 0) is 0 Å². The Bertz CT molecular complexity index is 823. The molecule has 0 spiro atoms. The number of phenols is 2. The average molecular weight is 255 g/mol. The Balaban J connectivity index is 2.25. The predicted molar refractivity (Wildman–Crippen MR) is 69.0 cm³/mol. The number of pyridine rings is 1. The Kier molecular flexibility index (Phi) is 2.45. The van der Waals surface area contributed by atoms with Crippen LogP contribution in [-0.4, -0.2) is 15.2 Å². The van der Waals surface area contributed by atoms with Gasteiger partial charge in [0, 0.05) is 17.8 Å². The third-order valence-electron chi connectivity index (χ3n) is 2.75. The molecule has 2 aromatic heterocycles. The van der Waals surface area contributed by atoms with E-state index in [4.69, 9.17) is 4.42 Å². The molecule has 0 unspecified atom stereocenters. The van der Waals surface area contributed by atoms with E-state index in [0.717, 1.165) is 0 Å². The molecule has 0 saturated heterocycles. The summed E-state index contributed by atoms with van der Waals surface area (Å²) in [4.78, 5) is 15.8. The van der Waals surface area contributed by atoms with Crippen LogP contribution in [0.2, 0.25) is 0 Å². The van der Waals surface area contributed by atoms with Gasteiger partial charge in [-0.3, -0.25) is 4.79 Å². The standard InChI is InChI=1S/C14H9NO4/c16-9-4-3-8(6-10(9)17)13-7-11(18)14-12(19-13)2-1-5-15-14/h1-7,16-17H. The molecule has 3 aromatic rings. The minimum atomic E-state index is -0.272. The lowest BCUT2D eigenvalue weighted by molar-refractivity contribution is 0.404. The first-order valence-corrected chi connectivity index (χ1v) is 5.56. The van der Waals surface area contributed by atoms with Crippen molar-refractivity contribution in [1.82, 2.24) is 4.98 Å². The van der Waals surface area contributed by atoms with Crippen molar-refractivity contribution in [3.63, 3.8) is 0 Å². The SMILES string of the molecule is O=c1cc(-c2ccc(O)c(O)c2)oc2cccnc12. The van der Waals surface area contributed by atoms with E-state index in [-0.39, 0.29) is 22.4 Å². The van der Waals surface area contributed by atoms with Crippen LogP contribution in [0.5, 0.6) is 11.5 Å².